The second kappa shape index (κ2) is 4.72. The van der Waals surface area contributed by atoms with Crippen LogP contribution in [0.4, 0.5) is 0 Å². The molecule has 2 N–H and O–H groups in total. The van der Waals surface area contributed by atoms with E-state index in [-0.39, 0.29) is 5.91 Å². The van der Waals surface area contributed by atoms with Crippen molar-refractivity contribution in [2.45, 2.75) is 44.8 Å². The fourth-order valence-electron chi connectivity index (χ4n) is 2.80. The molecule has 2 rings (SSSR count). The lowest BCUT2D eigenvalue weighted by Crippen LogP contribution is -2.53. The van der Waals surface area contributed by atoms with Gasteiger partial charge in [0, 0.05) is 37.6 Å². The number of piperidine rings is 1. The minimum Gasteiger partial charge on any atom is -0.354 e. The van der Waals surface area contributed by atoms with Gasteiger partial charge in [0.1, 0.15) is 0 Å². The molecule has 2 saturated heterocycles. The molecule has 0 saturated carbocycles. The zero-order valence-electron chi connectivity index (χ0n) is 10.5. The fourth-order valence-corrected chi connectivity index (χ4v) is 2.80. The Morgan fingerprint density at radius 1 is 1.44 bits per heavy atom. The predicted molar refractivity (Wildman–Crippen MR) is 64.2 cm³/mol. The molecule has 92 valence electrons. The lowest BCUT2D eigenvalue weighted by atomic mass is 9.89. The van der Waals surface area contributed by atoms with Crippen LogP contribution < -0.4 is 10.6 Å². The number of carbonyl (C=O) groups excluding carboxylic acids is 1. The summed E-state index contributed by atoms with van der Waals surface area (Å²) >= 11 is 0. The molecule has 2 aliphatic heterocycles. The summed E-state index contributed by atoms with van der Waals surface area (Å²) in [4.78, 5) is 13.6. The van der Waals surface area contributed by atoms with Crippen LogP contribution >= 0.6 is 0 Å². The van der Waals surface area contributed by atoms with E-state index in [2.05, 4.69) is 36.4 Å². The number of likely N-dealkylation sites (tertiary alicyclic amines) is 1. The molecule has 16 heavy (non-hydrogen) atoms. The summed E-state index contributed by atoms with van der Waals surface area (Å²) in [5.74, 6) is 0.850. The maximum Gasteiger partial charge on any atom is 0.221 e. The van der Waals surface area contributed by atoms with Crippen LogP contribution in [-0.2, 0) is 4.79 Å². The quantitative estimate of drug-likeness (QED) is 0.705. The highest BCUT2D eigenvalue weighted by molar-refractivity contribution is 5.78. The Kier molecular flexibility index (Phi) is 3.50. The van der Waals surface area contributed by atoms with Crippen LogP contribution in [0.25, 0.3) is 0 Å². The number of carbonyl (C=O) groups is 1. The zero-order chi connectivity index (χ0) is 11.7. The van der Waals surface area contributed by atoms with Crippen LogP contribution in [0.1, 0.15) is 26.7 Å². The molecule has 0 spiro atoms. The van der Waals surface area contributed by atoms with E-state index < -0.39 is 0 Å². The molecular formula is C12H23N3O. The lowest BCUT2D eigenvalue weighted by Gasteiger charge is -2.41. The third-order valence-electron chi connectivity index (χ3n) is 4.04. The van der Waals surface area contributed by atoms with E-state index in [0.717, 1.165) is 13.1 Å². The molecule has 0 radical (unpaired) electrons. The molecule has 4 unspecified atom stereocenters. The molecule has 0 aromatic heterocycles. The Morgan fingerprint density at radius 2 is 2.19 bits per heavy atom. The van der Waals surface area contributed by atoms with Crippen molar-refractivity contribution >= 4 is 5.91 Å². The molecule has 4 nitrogen and oxygen atoms in total. The highest BCUT2D eigenvalue weighted by Crippen LogP contribution is 2.21. The standard InChI is InChI=1S/C12H23N3O/c1-8-7-15(3)9(2)4-11(8)14-10-5-12(16)13-6-10/h8-11,14H,4-7H2,1-3H3,(H,13,16). The average Bonchev–Trinajstić information content (AvgIpc) is 2.60. The van der Waals surface area contributed by atoms with Gasteiger partial charge >= 0.3 is 0 Å². The second-order valence-electron chi connectivity index (χ2n) is 5.48. The maximum absolute atomic E-state index is 11.1. The summed E-state index contributed by atoms with van der Waals surface area (Å²) in [5, 5.41) is 6.52. The van der Waals surface area contributed by atoms with Crippen molar-refractivity contribution < 1.29 is 4.79 Å². The molecule has 2 aliphatic rings. The number of rotatable bonds is 2. The molecule has 2 fully saturated rings. The van der Waals surface area contributed by atoms with Gasteiger partial charge in [0.2, 0.25) is 5.91 Å². The van der Waals surface area contributed by atoms with Gasteiger partial charge in [-0.1, -0.05) is 6.92 Å². The van der Waals surface area contributed by atoms with Gasteiger partial charge in [-0.15, -0.1) is 0 Å². The first-order valence-corrected chi connectivity index (χ1v) is 6.29. The first-order valence-electron chi connectivity index (χ1n) is 6.29. The second-order valence-corrected chi connectivity index (χ2v) is 5.48. The summed E-state index contributed by atoms with van der Waals surface area (Å²) in [7, 11) is 2.19. The smallest absolute Gasteiger partial charge is 0.221 e. The van der Waals surface area contributed by atoms with Crippen molar-refractivity contribution in [2.24, 2.45) is 5.92 Å². The Balaban J connectivity index is 1.87. The van der Waals surface area contributed by atoms with Crippen molar-refractivity contribution in [3.8, 4) is 0 Å². The van der Waals surface area contributed by atoms with Crippen molar-refractivity contribution in [1.82, 2.24) is 15.5 Å². The van der Waals surface area contributed by atoms with Crippen LogP contribution in [0.2, 0.25) is 0 Å². The number of hydrogen-bond donors (Lipinski definition) is 2. The van der Waals surface area contributed by atoms with Crippen LogP contribution in [0, 0.1) is 5.92 Å². The predicted octanol–water partition coefficient (Wildman–Crippen LogP) is 0.193. The molecule has 1 amide bonds. The van der Waals surface area contributed by atoms with E-state index in [1.165, 1.54) is 6.42 Å². The molecule has 0 bridgehead atoms. The van der Waals surface area contributed by atoms with E-state index in [4.69, 9.17) is 0 Å². The minimum atomic E-state index is 0.186. The van der Waals surface area contributed by atoms with Gasteiger partial charge < -0.3 is 15.5 Å². The van der Waals surface area contributed by atoms with E-state index >= 15 is 0 Å². The van der Waals surface area contributed by atoms with Crippen LogP contribution in [-0.4, -0.2) is 49.1 Å². The van der Waals surface area contributed by atoms with Crippen molar-refractivity contribution in [3.05, 3.63) is 0 Å². The molecule has 0 aromatic carbocycles. The first kappa shape index (κ1) is 11.9. The molecule has 0 aliphatic carbocycles. The molecule has 4 heteroatoms. The Labute approximate surface area is 97.8 Å². The summed E-state index contributed by atoms with van der Waals surface area (Å²) in [6, 6.07) is 1.54. The number of nitrogens with one attached hydrogen (secondary N) is 2. The van der Waals surface area contributed by atoms with Gasteiger partial charge in [-0.05, 0) is 26.3 Å². The molecule has 2 heterocycles. The van der Waals surface area contributed by atoms with Crippen molar-refractivity contribution in [3.63, 3.8) is 0 Å². The van der Waals surface area contributed by atoms with E-state index in [1.54, 1.807) is 0 Å². The number of nitrogens with zero attached hydrogens (tertiary/aromatic N) is 1. The fraction of sp³-hybridized carbons (Fsp3) is 0.917. The normalized spacial score (nSPS) is 41.1. The van der Waals surface area contributed by atoms with Crippen LogP contribution in [0.5, 0.6) is 0 Å². The topological polar surface area (TPSA) is 44.4 Å². The SMILES string of the molecule is CC1CN(C)C(C)CC1NC1CNC(=O)C1. The maximum atomic E-state index is 11.1. The van der Waals surface area contributed by atoms with E-state index in [1.807, 2.05) is 0 Å². The zero-order valence-corrected chi connectivity index (χ0v) is 10.5. The summed E-state index contributed by atoms with van der Waals surface area (Å²) in [6.07, 6.45) is 1.83. The van der Waals surface area contributed by atoms with E-state index in [0.29, 0.717) is 30.5 Å². The molecule has 0 aromatic rings. The number of hydrogen-bond acceptors (Lipinski definition) is 3. The molecular weight excluding hydrogens is 202 g/mol. The van der Waals surface area contributed by atoms with Crippen molar-refractivity contribution in [2.75, 3.05) is 20.1 Å². The van der Waals surface area contributed by atoms with Gasteiger partial charge in [-0.25, -0.2) is 0 Å². The third kappa shape index (κ3) is 2.55. The third-order valence-corrected chi connectivity index (χ3v) is 4.04. The van der Waals surface area contributed by atoms with Crippen LogP contribution in [0.15, 0.2) is 0 Å². The van der Waals surface area contributed by atoms with E-state index in [9.17, 15) is 4.79 Å². The number of amides is 1. The highest BCUT2D eigenvalue weighted by Gasteiger charge is 2.32. The van der Waals surface area contributed by atoms with Gasteiger partial charge in [0.15, 0.2) is 0 Å². The van der Waals surface area contributed by atoms with Gasteiger partial charge in [-0.3, -0.25) is 4.79 Å². The largest absolute Gasteiger partial charge is 0.354 e. The Bertz CT molecular complexity index is 269. The Hall–Kier alpha value is -0.610. The van der Waals surface area contributed by atoms with Crippen LogP contribution in [0.3, 0.4) is 0 Å². The lowest BCUT2D eigenvalue weighted by molar-refractivity contribution is -0.119. The van der Waals surface area contributed by atoms with Gasteiger partial charge in [0.25, 0.3) is 0 Å². The molecule has 4 atom stereocenters. The summed E-state index contributed by atoms with van der Waals surface area (Å²) in [5.41, 5.74) is 0. The average molecular weight is 225 g/mol. The monoisotopic (exact) mass is 225 g/mol. The minimum absolute atomic E-state index is 0.186. The first-order chi connectivity index (χ1) is 7.56. The summed E-state index contributed by atoms with van der Waals surface area (Å²) in [6.45, 7) is 6.52. The van der Waals surface area contributed by atoms with Crippen molar-refractivity contribution in [1.29, 1.82) is 0 Å². The highest BCUT2D eigenvalue weighted by atomic mass is 16.1. The van der Waals surface area contributed by atoms with Gasteiger partial charge in [0.05, 0.1) is 0 Å². The Morgan fingerprint density at radius 3 is 2.81 bits per heavy atom. The van der Waals surface area contributed by atoms with Gasteiger partial charge in [-0.2, -0.15) is 0 Å². The summed E-state index contributed by atoms with van der Waals surface area (Å²) < 4.78 is 0.